The first kappa shape index (κ1) is 12.0. The Kier molecular flexibility index (Phi) is 4.09. The van der Waals surface area contributed by atoms with E-state index < -0.39 is 6.67 Å². The van der Waals surface area contributed by atoms with Crippen molar-refractivity contribution in [2.75, 3.05) is 13.3 Å². The number of alkyl halides is 1. The molecule has 0 saturated carbocycles. The van der Waals surface area contributed by atoms with E-state index in [2.05, 4.69) is 0 Å². The Hall–Kier alpha value is -1.09. The fourth-order valence-corrected chi connectivity index (χ4v) is 1.39. The molecule has 15 heavy (non-hydrogen) atoms. The Morgan fingerprint density at radius 2 is 1.87 bits per heavy atom. The van der Waals surface area contributed by atoms with Crippen LogP contribution in [0.15, 0.2) is 24.3 Å². The quantitative estimate of drug-likeness (QED) is 0.811. The first-order valence-electron chi connectivity index (χ1n) is 5.08. The van der Waals surface area contributed by atoms with E-state index in [1.165, 1.54) is 0 Å². The molecule has 0 fully saturated rings. The molecule has 0 aromatic heterocycles. The third-order valence-electron chi connectivity index (χ3n) is 1.93. The largest absolute Gasteiger partial charge is 0.491 e. The zero-order valence-corrected chi connectivity index (χ0v) is 9.29. The first-order valence-corrected chi connectivity index (χ1v) is 5.08. The van der Waals surface area contributed by atoms with Gasteiger partial charge < -0.3 is 10.5 Å². The Labute approximate surface area is 90.2 Å². The summed E-state index contributed by atoms with van der Waals surface area (Å²) >= 11 is 0. The molecular formula is C12H18FNO. The summed E-state index contributed by atoms with van der Waals surface area (Å²) in [5, 5.41) is 0. The number of halogens is 1. The molecule has 0 amide bonds. The summed E-state index contributed by atoms with van der Waals surface area (Å²) in [4.78, 5) is 0. The normalized spacial score (nSPS) is 11.5. The van der Waals surface area contributed by atoms with Gasteiger partial charge in [0.05, 0.1) is 0 Å². The van der Waals surface area contributed by atoms with Crippen molar-refractivity contribution < 1.29 is 9.13 Å². The lowest BCUT2D eigenvalue weighted by Gasteiger charge is -2.18. The standard InChI is InChI=1S/C12H18FNO/c1-12(2,14)9-10-3-5-11(6-4-10)15-8-7-13/h3-6H,7-9,14H2,1-2H3. The minimum absolute atomic E-state index is 0.113. The molecule has 0 bridgehead atoms. The highest BCUT2D eigenvalue weighted by atomic mass is 19.1. The van der Waals surface area contributed by atoms with Gasteiger partial charge in [0.1, 0.15) is 19.0 Å². The lowest BCUT2D eigenvalue weighted by atomic mass is 9.96. The maximum atomic E-state index is 11.8. The van der Waals surface area contributed by atoms with E-state index in [0.717, 1.165) is 12.0 Å². The molecule has 1 rings (SSSR count). The molecule has 2 nitrogen and oxygen atoms in total. The summed E-state index contributed by atoms with van der Waals surface area (Å²) in [6.07, 6.45) is 0.816. The van der Waals surface area contributed by atoms with Gasteiger partial charge in [0.15, 0.2) is 0 Å². The highest BCUT2D eigenvalue weighted by molar-refractivity contribution is 5.28. The van der Waals surface area contributed by atoms with E-state index in [-0.39, 0.29) is 12.1 Å². The molecule has 1 aromatic rings. The van der Waals surface area contributed by atoms with E-state index in [4.69, 9.17) is 10.5 Å². The summed E-state index contributed by atoms with van der Waals surface area (Å²) in [5.41, 5.74) is 6.86. The minimum Gasteiger partial charge on any atom is -0.491 e. The summed E-state index contributed by atoms with van der Waals surface area (Å²) in [6, 6.07) is 7.61. The number of rotatable bonds is 5. The van der Waals surface area contributed by atoms with Gasteiger partial charge in [-0.2, -0.15) is 0 Å². The summed E-state index contributed by atoms with van der Waals surface area (Å²) < 4.78 is 17.0. The molecule has 0 aliphatic rings. The van der Waals surface area contributed by atoms with Gasteiger partial charge in [-0.15, -0.1) is 0 Å². The molecule has 2 N–H and O–H groups in total. The average Bonchev–Trinajstić information content (AvgIpc) is 2.14. The van der Waals surface area contributed by atoms with Gasteiger partial charge in [-0.05, 0) is 38.0 Å². The van der Waals surface area contributed by atoms with Crippen molar-refractivity contribution in [1.82, 2.24) is 0 Å². The fourth-order valence-electron chi connectivity index (χ4n) is 1.39. The van der Waals surface area contributed by atoms with Crippen LogP contribution in [0.5, 0.6) is 5.75 Å². The van der Waals surface area contributed by atoms with Crippen LogP contribution in [0.25, 0.3) is 0 Å². The number of hydrogen-bond acceptors (Lipinski definition) is 2. The Morgan fingerprint density at radius 1 is 1.27 bits per heavy atom. The zero-order chi connectivity index (χ0) is 11.3. The lowest BCUT2D eigenvalue weighted by molar-refractivity contribution is 0.273. The van der Waals surface area contributed by atoms with Crippen LogP contribution in [-0.4, -0.2) is 18.8 Å². The van der Waals surface area contributed by atoms with Crippen LogP contribution in [0.2, 0.25) is 0 Å². The third-order valence-corrected chi connectivity index (χ3v) is 1.93. The molecule has 0 aliphatic carbocycles. The van der Waals surface area contributed by atoms with Crippen LogP contribution in [0.4, 0.5) is 4.39 Å². The lowest BCUT2D eigenvalue weighted by Crippen LogP contribution is -2.34. The SMILES string of the molecule is CC(C)(N)Cc1ccc(OCCF)cc1. The van der Waals surface area contributed by atoms with Gasteiger partial charge in [-0.25, -0.2) is 4.39 Å². The molecule has 0 spiro atoms. The van der Waals surface area contributed by atoms with Crippen molar-refractivity contribution in [1.29, 1.82) is 0 Å². The molecule has 0 unspecified atom stereocenters. The number of hydrogen-bond donors (Lipinski definition) is 1. The Morgan fingerprint density at radius 3 is 2.33 bits per heavy atom. The fraction of sp³-hybridized carbons (Fsp3) is 0.500. The van der Waals surface area contributed by atoms with Crippen molar-refractivity contribution in [2.45, 2.75) is 25.8 Å². The van der Waals surface area contributed by atoms with Crippen molar-refractivity contribution in [2.24, 2.45) is 5.73 Å². The first-order chi connectivity index (χ1) is 7.01. The maximum absolute atomic E-state index is 11.8. The molecule has 3 heteroatoms. The molecule has 84 valence electrons. The molecule has 0 saturated heterocycles. The number of benzene rings is 1. The predicted molar refractivity (Wildman–Crippen MR) is 59.9 cm³/mol. The van der Waals surface area contributed by atoms with Crippen molar-refractivity contribution in [3.05, 3.63) is 29.8 Å². The Bertz CT molecular complexity index is 289. The van der Waals surface area contributed by atoms with Crippen molar-refractivity contribution in [3.8, 4) is 5.75 Å². The molecule has 0 aliphatic heterocycles. The maximum Gasteiger partial charge on any atom is 0.123 e. The molecule has 0 heterocycles. The molecule has 1 aromatic carbocycles. The van der Waals surface area contributed by atoms with Crippen LogP contribution in [0.1, 0.15) is 19.4 Å². The van der Waals surface area contributed by atoms with E-state index in [1.807, 2.05) is 38.1 Å². The highest BCUT2D eigenvalue weighted by Gasteiger charge is 2.11. The molecular weight excluding hydrogens is 193 g/mol. The topological polar surface area (TPSA) is 35.2 Å². The zero-order valence-electron chi connectivity index (χ0n) is 9.29. The second kappa shape index (κ2) is 5.12. The second-order valence-electron chi connectivity index (χ2n) is 4.35. The van der Waals surface area contributed by atoms with Gasteiger partial charge in [-0.1, -0.05) is 12.1 Å². The molecule has 0 atom stereocenters. The van der Waals surface area contributed by atoms with Gasteiger partial charge in [0.2, 0.25) is 0 Å². The summed E-state index contributed by atoms with van der Waals surface area (Å²) in [6.45, 7) is 3.63. The van der Waals surface area contributed by atoms with Crippen LogP contribution in [0.3, 0.4) is 0 Å². The van der Waals surface area contributed by atoms with Gasteiger partial charge in [0, 0.05) is 5.54 Å². The smallest absolute Gasteiger partial charge is 0.123 e. The van der Waals surface area contributed by atoms with Gasteiger partial charge in [-0.3, -0.25) is 0 Å². The number of nitrogens with two attached hydrogens (primary N) is 1. The minimum atomic E-state index is -0.461. The van der Waals surface area contributed by atoms with E-state index >= 15 is 0 Å². The van der Waals surface area contributed by atoms with E-state index in [9.17, 15) is 4.39 Å². The third kappa shape index (κ3) is 4.79. The molecule has 0 radical (unpaired) electrons. The van der Waals surface area contributed by atoms with E-state index in [1.54, 1.807) is 0 Å². The van der Waals surface area contributed by atoms with Crippen molar-refractivity contribution in [3.63, 3.8) is 0 Å². The predicted octanol–water partition coefficient (Wildman–Crippen LogP) is 2.31. The van der Waals surface area contributed by atoms with Crippen molar-refractivity contribution >= 4 is 0 Å². The van der Waals surface area contributed by atoms with Crippen LogP contribution in [-0.2, 0) is 6.42 Å². The Balaban J connectivity index is 2.56. The number of ether oxygens (including phenoxy) is 1. The van der Waals surface area contributed by atoms with Gasteiger partial charge >= 0.3 is 0 Å². The average molecular weight is 211 g/mol. The van der Waals surface area contributed by atoms with E-state index in [0.29, 0.717) is 5.75 Å². The summed E-state index contributed by atoms with van der Waals surface area (Å²) in [5.74, 6) is 0.700. The monoisotopic (exact) mass is 211 g/mol. The summed E-state index contributed by atoms with van der Waals surface area (Å²) in [7, 11) is 0. The van der Waals surface area contributed by atoms with Crippen LogP contribution in [0, 0.1) is 0 Å². The van der Waals surface area contributed by atoms with Crippen LogP contribution < -0.4 is 10.5 Å². The second-order valence-corrected chi connectivity index (χ2v) is 4.35. The van der Waals surface area contributed by atoms with Gasteiger partial charge in [0.25, 0.3) is 0 Å². The van der Waals surface area contributed by atoms with Crippen LogP contribution >= 0.6 is 0 Å². The highest BCUT2D eigenvalue weighted by Crippen LogP contribution is 2.15.